The van der Waals surface area contributed by atoms with E-state index in [1.807, 2.05) is 12.4 Å². The van der Waals surface area contributed by atoms with Crippen LogP contribution in [0.25, 0.3) is 0 Å². The second-order valence-electron chi connectivity index (χ2n) is 6.77. The number of hydrogen-bond donors (Lipinski definition) is 2. The van der Waals surface area contributed by atoms with Crippen LogP contribution in [-0.4, -0.2) is 44.5 Å². The van der Waals surface area contributed by atoms with E-state index in [-0.39, 0.29) is 5.91 Å². The van der Waals surface area contributed by atoms with Gasteiger partial charge in [0, 0.05) is 37.6 Å². The van der Waals surface area contributed by atoms with Crippen molar-refractivity contribution in [3.05, 3.63) is 18.2 Å². The van der Waals surface area contributed by atoms with Gasteiger partial charge in [-0.2, -0.15) is 0 Å². The molecule has 0 aromatic carbocycles. The van der Waals surface area contributed by atoms with Gasteiger partial charge in [0.2, 0.25) is 5.91 Å². The zero-order valence-corrected chi connectivity index (χ0v) is 12.3. The van der Waals surface area contributed by atoms with Crippen LogP contribution >= 0.6 is 0 Å². The van der Waals surface area contributed by atoms with Crippen molar-refractivity contribution in [3.8, 4) is 0 Å². The van der Waals surface area contributed by atoms with Gasteiger partial charge in [0.1, 0.15) is 5.82 Å². The van der Waals surface area contributed by atoms with E-state index < -0.39 is 5.54 Å². The van der Waals surface area contributed by atoms with Gasteiger partial charge in [0.15, 0.2) is 0 Å². The van der Waals surface area contributed by atoms with E-state index >= 15 is 0 Å². The van der Waals surface area contributed by atoms with Crippen molar-refractivity contribution in [1.82, 2.24) is 19.8 Å². The SMILES string of the molecule is NC(=O)C1(NC2CC2)CCC(N2CCn3ccnc3C2)C1. The molecule has 2 heterocycles. The van der Waals surface area contributed by atoms with E-state index in [0.29, 0.717) is 12.1 Å². The summed E-state index contributed by atoms with van der Waals surface area (Å²) in [6.45, 7) is 2.91. The summed E-state index contributed by atoms with van der Waals surface area (Å²) in [4.78, 5) is 18.9. The maximum atomic E-state index is 12.0. The number of carbonyl (C=O) groups excluding carboxylic acids is 1. The number of nitrogens with zero attached hydrogens (tertiary/aromatic N) is 3. The maximum Gasteiger partial charge on any atom is 0.237 e. The number of fused-ring (bicyclic) bond motifs is 1. The molecule has 3 N–H and O–H groups in total. The standard InChI is InChI=1S/C15H23N5O/c16-14(21)15(18-11-1-2-11)4-3-12(9-15)20-8-7-19-6-5-17-13(19)10-20/h5-6,11-12,18H,1-4,7-10H2,(H2,16,21). The fourth-order valence-corrected chi connectivity index (χ4v) is 3.88. The highest BCUT2D eigenvalue weighted by Gasteiger charge is 2.48. The molecule has 1 aromatic rings. The molecule has 0 saturated heterocycles. The predicted molar refractivity (Wildman–Crippen MR) is 78.4 cm³/mol. The number of carbonyl (C=O) groups is 1. The highest BCUT2D eigenvalue weighted by atomic mass is 16.1. The van der Waals surface area contributed by atoms with Crippen molar-refractivity contribution in [2.24, 2.45) is 5.73 Å². The Morgan fingerprint density at radius 3 is 3.00 bits per heavy atom. The minimum Gasteiger partial charge on any atom is -0.368 e. The third-order valence-electron chi connectivity index (χ3n) is 5.31. The molecule has 6 heteroatoms. The highest BCUT2D eigenvalue weighted by molar-refractivity contribution is 5.85. The van der Waals surface area contributed by atoms with Crippen LogP contribution in [-0.2, 0) is 17.9 Å². The van der Waals surface area contributed by atoms with E-state index in [4.69, 9.17) is 5.73 Å². The summed E-state index contributed by atoms with van der Waals surface area (Å²) in [6.07, 6.45) is 9.04. The molecule has 2 atom stereocenters. The zero-order chi connectivity index (χ0) is 14.4. The molecule has 114 valence electrons. The van der Waals surface area contributed by atoms with E-state index in [1.165, 1.54) is 12.8 Å². The Bertz CT molecular complexity index is 552. The summed E-state index contributed by atoms with van der Waals surface area (Å²) in [5, 5.41) is 3.53. The highest BCUT2D eigenvalue weighted by Crippen LogP contribution is 2.37. The first-order valence-corrected chi connectivity index (χ1v) is 7.98. The van der Waals surface area contributed by atoms with Crippen molar-refractivity contribution in [2.75, 3.05) is 6.54 Å². The van der Waals surface area contributed by atoms with Gasteiger partial charge < -0.3 is 15.6 Å². The van der Waals surface area contributed by atoms with Crippen molar-refractivity contribution in [1.29, 1.82) is 0 Å². The number of nitrogens with one attached hydrogen (secondary N) is 1. The van der Waals surface area contributed by atoms with Gasteiger partial charge >= 0.3 is 0 Å². The molecular formula is C15H23N5O. The second-order valence-corrected chi connectivity index (χ2v) is 6.77. The van der Waals surface area contributed by atoms with Crippen molar-refractivity contribution >= 4 is 5.91 Å². The summed E-state index contributed by atoms with van der Waals surface area (Å²) >= 11 is 0. The van der Waals surface area contributed by atoms with Crippen LogP contribution in [0.5, 0.6) is 0 Å². The van der Waals surface area contributed by atoms with Gasteiger partial charge in [0.25, 0.3) is 0 Å². The summed E-state index contributed by atoms with van der Waals surface area (Å²) < 4.78 is 2.22. The molecule has 0 bridgehead atoms. The van der Waals surface area contributed by atoms with Gasteiger partial charge in [-0.25, -0.2) is 4.98 Å². The smallest absolute Gasteiger partial charge is 0.237 e. The number of amides is 1. The fourth-order valence-electron chi connectivity index (χ4n) is 3.88. The monoisotopic (exact) mass is 289 g/mol. The predicted octanol–water partition coefficient (Wildman–Crippen LogP) is 0.227. The average molecular weight is 289 g/mol. The van der Waals surface area contributed by atoms with Crippen molar-refractivity contribution in [3.63, 3.8) is 0 Å². The van der Waals surface area contributed by atoms with Crippen molar-refractivity contribution in [2.45, 2.75) is 62.8 Å². The number of rotatable bonds is 4. The zero-order valence-electron chi connectivity index (χ0n) is 12.3. The van der Waals surface area contributed by atoms with Crippen LogP contribution in [0.3, 0.4) is 0 Å². The van der Waals surface area contributed by atoms with Gasteiger partial charge in [0.05, 0.1) is 12.1 Å². The fraction of sp³-hybridized carbons (Fsp3) is 0.733. The molecule has 1 aliphatic heterocycles. The number of hydrogen-bond acceptors (Lipinski definition) is 4. The molecule has 2 aliphatic carbocycles. The third-order valence-corrected chi connectivity index (χ3v) is 5.31. The van der Waals surface area contributed by atoms with Crippen LogP contribution in [0, 0.1) is 0 Å². The lowest BCUT2D eigenvalue weighted by Crippen LogP contribution is -2.55. The summed E-state index contributed by atoms with van der Waals surface area (Å²) in [6, 6.07) is 0.950. The molecule has 3 aliphatic rings. The summed E-state index contributed by atoms with van der Waals surface area (Å²) in [7, 11) is 0. The summed E-state index contributed by atoms with van der Waals surface area (Å²) in [5.41, 5.74) is 5.25. The Morgan fingerprint density at radius 2 is 2.24 bits per heavy atom. The molecule has 6 nitrogen and oxygen atoms in total. The largest absolute Gasteiger partial charge is 0.368 e. The molecular weight excluding hydrogens is 266 g/mol. The van der Waals surface area contributed by atoms with Crippen LogP contribution in [0.15, 0.2) is 12.4 Å². The van der Waals surface area contributed by atoms with Crippen LogP contribution in [0.1, 0.15) is 37.9 Å². The van der Waals surface area contributed by atoms with Gasteiger partial charge in [-0.15, -0.1) is 0 Å². The average Bonchev–Trinajstić information content (AvgIpc) is 3.00. The van der Waals surface area contributed by atoms with Crippen molar-refractivity contribution < 1.29 is 4.79 Å². The first kappa shape index (κ1) is 13.3. The lowest BCUT2D eigenvalue weighted by atomic mass is 9.96. The molecule has 2 unspecified atom stereocenters. The Balaban J connectivity index is 1.47. The number of nitrogens with two attached hydrogens (primary N) is 1. The summed E-state index contributed by atoms with van der Waals surface area (Å²) in [5.74, 6) is 0.961. The van der Waals surface area contributed by atoms with E-state index in [9.17, 15) is 4.79 Å². The first-order chi connectivity index (χ1) is 10.2. The van der Waals surface area contributed by atoms with E-state index in [2.05, 4.69) is 19.8 Å². The first-order valence-electron chi connectivity index (χ1n) is 7.98. The molecule has 2 fully saturated rings. The Morgan fingerprint density at radius 1 is 1.38 bits per heavy atom. The number of primary amides is 1. The number of aromatic nitrogens is 2. The molecule has 4 rings (SSSR count). The Labute approximate surface area is 124 Å². The maximum absolute atomic E-state index is 12.0. The normalized spacial score (nSPS) is 33.0. The number of imidazole rings is 1. The topological polar surface area (TPSA) is 76.2 Å². The molecule has 1 amide bonds. The lowest BCUT2D eigenvalue weighted by Gasteiger charge is -2.34. The molecule has 1 aromatic heterocycles. The second kappa shape index (κ2) is 4.81. The minimum atomic E-state index is -0.474. The molecule has 0 radical (unpaired) electrons. The van der Waals surface area contributed by atoms with Crippen LogP contribution in [0.2, 0.25) is 0 Å². The Kier molecular flexibility index (Phi) is 3.04. The Hall–Kier alpha value is -1.40. The third kappa shape index (κ3) is 2.36. The molecule has 2 saturated carbocycles. The lowest BCUT2D eigenvalue weighted by molar-refractivity contribution is -0.124. The van der Waals surface area contributed by atoms with Crippen LogP contribution in [0.4, 0.5) is 0 Å². The van der Waals surface area contributed by atoms with Gasteiger partial charge in [-0.1, -0.05) is 0 Å². The molecule has 0 spiro atoms. The minimum absolute atomic E-state index is 0.171. The van der Waals surface area contributed by atoms with Crippen LogP contribution < -0.4 is 11.1 Å². The van der Waals surface area contributed by atoms with E-state index in [0.717, 1.165) is 44.7 Å². The van der Waals surface area contributed by atoms with E-state index in [1.54, 1.807) is 0 Å². The van der Waals surface area contributed by atoms with Gasteiger partial charge in [-0.05, 0) is 32.1 Å². The molecule has 21 heavy (non-hydrogen) atoms. The quantitative estimate of drug-likeness (QED) is 0.832. The van der Waals surface area contributed by atoms with Gasteiger partial charge in [-0.3, -0.25) is 9.69 Å².